The predicted octanol–water partition coefficient (Wildman–Crippen LogP) is 12.6. The first kappa shape index (κ1) is 46.1. The fraction of sp³-hybridized carbons (Fsp3) is 0.320. The molecule has 0 aliphatic carbocycles. The van der Waals surface area contributed by atoms with Gasteiger partial charge in [0.1, 0.15) is 23.0 Å². The van der Waals surface area contributed by atoms with E-state index >= 15 is 0 Å². The number of allylic oxidation sites excluding steroid dienone is 2. The quantitative estimate of drug-likeness (QED) is 0.0953. The molecule has 5 aromatic carbocycles. The van der Waals surface area contributed by atoms with Crippen LogP contribution in [0.2, 0.25) is 0 Å². The number of aryl methyl sites for hydroxylation is 10. The van der Waals surface area contributed by atoms with Crippen molar-refractivity contribution in [3.8, 4) is 28.7 Å². The molecule has 1 radical (unpaired) electrons. The molecule has 5 rings (SSSR count). The molecule has 0 amide bonds. The van der Waals surface area contributed by atoms with E-state index in [1.165, 1.54) is 16.7 Å². The standard InChI is InChI=1S/C30H36O3.C20H23O2.Y/c1-17(26-13-20(4)29(32)21(5)14-26)12-25(27-15-22(6)30(33)23(7)16-27)9-8-24-10-18(2)28(31)19(3)11-24;1-12(18-9-15(4)20(22)16(5)10-18)6-7-17-8-14(3)19(21)11-13(17)2;/h8-11,13-17,25,31-33H,12H2,1-7H3;6-10,12,21-22H,1-5H3;/q;-1;/b9-8+;7-6+;. The Morgan fingerprint density at radius 1 is 0.482 bits per heavy atom. The monoisotopic (exact) mass is 828 g/mol. The van der Waals surface area contributed by atoms with Gasteiger partial charge in [0.15, 0.2) is 0 Å². The fourth-order valence-corrected chi connectivity index (χ4v) is 7.18. The molecule has 0 bridgehead atoms. The van der Waals surface area contributed by atoms with Gasteiger partial charge in [-0.25, -0.2) is 0 Å². The van der Waals surface area contributed by atoms with E-state index in [2.05, 4.69) is 68.5 Å². The normalized spacial score (nSPS) is 12.9. The van der Waals surface area contributed by atoms with Crippen molar-refractivity contribution < 1.29 is 58.2 Å². The molecule has 6 heteroatoms. The van der Waals surface area contributed by atoms with Gasteiger partial charge in [-0.1, -0.05) is 82.3 Å². The summed E-state index contributed by atoms with van der Waals surface area (Å²) in [6.07, 6.45) is 9.45. The first-order chi connectivity index (χ1) is 25.8. The van der Waals surface area contributed by atoms with Crippen LogP contribution in [-0.4, -0.2) is 25.5 Å². The van der Waals surface area contributed by atoms with Crippen LogP contribution in [0.1, 0.15) is 121 Å². The van der Waals surface area contributed by atoms with E-state index in [9.17, 15) is 25.5 Å². The van der Waals surface area contributed by atoms with Crippen LogP contribution in [0, 0.1) is 75.3 Å². The van der Waals surface area contributed by atoms with Gasteiger partial charge in [0.25, 0.3) is 0 Å². The molecule has 5 aromatic rings. The van der Waals surface area contributed by atoms with Crippen LogP contribution in [0.5, 0.6) is 28.7 Å². The predicted molar refractivity (Wildman–Crippen MR) is 229 cm³/mol. The van der Waals surface area contributed by atoms with E-state index in [-0.39, 0.29) is 56.2 Å². The van der Waals surface area contributed by atoms with Crippen molar-refractivity contribution in [2.45, 2.75) is 107 Å². The van der Waals surface area contributed by atoms with Crippen molar-refractivity contribution >= 4 is 12.2 Å². The number of phenols is 5. The van der Waals surface area contributed by atoms with Crippen LogP contribution in [0.25, 0.3) is 12.2 Å². The van der Waals surface area contributed by atoms with Gasteiger partial charge in [0, 0.05) is 44.4 Å². The number of hydrogen-bond donors (Lipinski definition) is 5. The third-order valence-electron chi connectivity index (χ3n) is 10.8. The summed E-state index contributed by atoms with van der Waals surface area (Å²) < 4.78 is 0. The minimum absolute atomic E-state index is 0. The van der Waals surface area contributed by atoms with Gasteiger partial charge in [-0.2, -0.15) is 11.6 Å². The van der Waals surface area contributed by atoms with Gasteiger partial charge >= 0.3 is 0 Å². The van der Waals surface area contributed by atoms with Gasteiger partial charge < -0.3 is 25.5 Å². The minimum Gasteiger partial charge on any atom is -0.534 e. The zero-order valence-corrected chi connectivity index (χ0v) is 38.1. The molecule has 5 nitrogen and oxygen atoms in total. The molecule has 0 fully saturated rings. The number of aromatic hydroxyl groups is 5. The second-order valence-corrected chi connectivity index (χ2v) is 15.6. The van der Waals surface area contributed by atoms with Crippen LogP contribution in [0.4, 0.5) is 0 Å². The maximum absolute atomic E-state index is 10.3. The number of rotatable bonds is 9. The van der Waals surface area contributed by atoms with Crippen LogP contribution in [0.15, 0.2) is 66.7 Å². The molecule has 56 heavy (non-hydrogen) atoms. The fourth-order valence-electron chi connectivity index (χ4n) is 7.18. The first-order valence-corrected chi connectivity index (χ1v) is 19.1. The van der Waals surface area contributed by atoms with E-state index < -0.39 is 0 Å². The van der Waals surface area contributed by atoms with Gasteiger partial charge in [-0.3, -0.25) is 0 Å². The third-order valence-corrected chi connectivity index (χ3v) is 10.8. The largest absolute Gasteiger partial charge is 0.534 e. The molecule has 3 atom stereocenters. The molecule has 0 saturated carbocycles. The average Bonchev–Trinajstić information content (AvgIpc) is 3.12. The van der Waals surface area contributed by atoms with Crippen molar-refractivity contribution in [3.05, 3.63) is 156 Å². The smallest absolute Gasteiger partial charge is 0.121 e. The van der Waals surface area contributed by atoms with Crippen molar-refractivity contribution in [2.24, 2.45) is 0 Å². The molecule has 293 valence electrons. The Balaban J connectivity index is 0.000000319. The van der Waals surface area contributed by atoms with Gasteiger partial charge in [0.2, 0.25) is 0 Å². The van der Waals surface area contributed by atoms with E-state index in [0.717, 1.165) is 73.2 Å². The van der Waals surface area contributed by atoms with Crippen molar-refractivity contribution in [3.63, 3.8) is 0 Å². The Labute approximate surface area is 360 Å². The number of benzene rings is 5. The molecule has 3 unspecified atom stereocenters. The maximum atomic E-state index is 10.3. The summed E-state index contributed by atoms with van der Waals surface area (Å²) in [5.74, 6) is 2.31. The molecule has 0 aliphatic rings. The summed E-state index contributed by atoms with van der Waals surface area (Å²) in [6, 6.07) is 21.3. The zero-order chi connectivity index (χ0) is 40.9. The maximum Gasteiger partial charge on any atom is 0.121 e. The van der Waals surface area contributed by atoms with Crippen LogP contribution in [0.3, 0.4) is 0 Å². The molecular formula is C50H59O5Y-. The first-order valence-electron chi connectivity index (χ1n) is 19.1. The SMILES string of the molecule is Cc1[c-]c(O)c(C)cc1/C=C/C(C)c1cc(C)c(O)c(C)c1.Cc1cc(/C=C/C(CC(C)c2cc(C)c(O)c(C)c2)c2cc(C)c(O)c(C)c2)cc(C)c1O.[Y]. The Hall–Kier alpha value is -4.32. The second kappa shape index (κ2) is 19.7. The number of hydrogen-bond acceptors (Lipinski definition) is 5. The summed E-state index contributed by atoms with van der Waals surface area (Å²) in [5.41, 5.74) is 14.5. The molecule has 0 saturated heterocycles. The van der Waals surface area contributed by atoms with E-state index in [1.807, 2.05) is 99.6 Å². The van der Waals surface area contributed by atoms with Crippen LogP contribution in [-0.2, 0) is 32.7 Å². The Bertz CT molecular complexity index is 2150. The van der Waals surface area contributed by atoms with E-state index in [1.54, 1.807) is 0 Å². The zero-order valence-electron chi connectivity index (χ0n) is 35.3. The number of phenolic OH excluding ortho intramolecular Hbond substituents is 5. The molecule has 0 spiro atoms. The summed E-state index contributed by atoms with van der Waals surface area (Å²) in [4.78, 5) is 0. The van der Waals surface area contributed by atoms with E-state index in [0.29, 0.717) is 23.0 Å². The minimum atomic E-state index is 0. The van der Waals surface area contributed by atoms with Gasteiger partial charge in [0.05, 0.1) is 0 Å². The topological polar surface area (TPSA) is 101 Å². The molecular weight excluding hydrogens is 769 g/mol. The Kier molecular flexibility index (Phi) is 16.2. The van der Waals surface area contributed by atoms with Gasteiger partial charge in [-0.05, 0) is 153 Å². The second-order valence-electron chi connectivity index (χ2n) is 15.6. The van der Waals surface area contributed by atoms with Crippen molar-refractivity contribution in [1.29, 1.82) is 0 Å². The Morgan fingerprint density at radius 3 is 1.32 bits per heavy atom. The molecule has 0 aromatic heterocycles. The van der Waals surface area contributed by atoms with Gasteiger partial charge in [-0.15, -0.1) is 23.3 Å². The summed E-state index contributed by atoms with van der Waals surface area (Å²) in [7, 11) is 0. The average molecular weight is 829 g/mol. The Morgan fingerprint density at radius 2 is 0.875 bits per heavy atom. The molecule has 0 heterocycles. The van der Waals surface area contributed by atoms with Crippen LogP contribution < -0.4 is 0 Å². The van der Waals surface area contributed by atoms with Crippen LogP contribution >= 0.6 is 0 Å². The molecule has 5 N–H and O–H groups in total. The third kappa shape index (κ3) is 11.4. The summed E-state index contributed by atoms with van der Waals surface area (Å²) in [6.45, 7) is 23.6. The molecule has 0 aliphatic heterocycles. The van der Waals surface area contributed by atoms with E-state index in [4.69, 9.17) is 0 Å². The summed E-state index contributed by atoms with van der Waals surface area (Å²) >= 11 is 0. The van der Waals surface area contributed by atoms with Crippen molar-refractivity contribution in [2.75, 3.05) is 0 Å². The van der Waals surface area contributed by atoms with Crippen molar-refractivity contribution in [1.82, 2.24) is 0 Å². The summed E-state index contributed by atoms with van der Waals surface area (Å²) in [5, 5.41) is 50.1.